The fraction of sp³-hybridized carbons (Fsp3) is 0.769. The lowest BCUT2D eigenvalue weighted by Crippen LogP contribution is -2.48. The summed E-state index contributed by atoms with van der Waals surface area (Å²) < 4.78 is 22.8. The molecule has 1 aromatic rings. The molecule has 1 unspecified atom stereocenters. The van der Waals surface area contributed by atoms with E-state index in [-0.39, 0.29) is 6.04 Å². The molecule has 1 atom stereocenters. The maximum Gasteiger partial charge on any atom is 0.185 e. The molecule has 3 rings (SSSR count). The molecule has 118 valence electrons. The highest BCUT2D eigenvalue weighted by Gasteiger charge is 2.27. The molecule has 0 radical (unpaired) electrons. The molecule has 0 spiro atoms. The van der Waals surface area contributed by atoms with E-state index < -0.39 is 9.84 Å². The molecule has 0 bridgehead atoms. The Morgan fingerprint density at radius 2 is 2.14 bits per heavy atom. The van der Waals surface area contributed by atoms with Gasteiger partial charge >= 0.3 is 0 Å². The molecule has 1 N–H and O–H groups in total. The minimum absolute atomic E-state index is 0.159. The minimum atomic E-state index is -2.77. The van der Waals surface area contributed by atoms with Crippen LogP contribution in [-0.4, -0.2) is 75.1 Å². The minimum Gasteiger partial charge on any atom is -0.346 e. The summed E-state index contributed by atoms with van der Waals surface area (Å²) in [7, 11) is -2.77. The van der Waals surface area contributed by atoms with Crippen molar-refractivity contribution in [3.63, 3.8) is 0 Å². The van der Waals surface area contributed by atoms with Gasteiger partial charge in [0.25, 0.3) is 0 Å². The van der Waals surface area contributed by atoms with E-state index in [0.29, 0.717) is 11.5 Å². The van der Waals surface area contributed by atoms with Gasteiger partial charge in [-0.3, -0.25) is 4.90 Å². The molecule has 8 heteroatoms. The number of aromatic nitrogens is 1. The number of nitrogens with zero attached hydrogens (tertiary/aromatic N) is 3. The average molecular weight is 330 g/mol. The van der Waals surface area contributed by atoms with E-state index in [9.17, 15) is 8.42 Å². The largest absolute Gasteiger partial charge is 0.346 e. The Kier molecular flexibility index (Phi) is 4.78. The first-order chi connectivity index (χ1) is 10.1. The van der Waals surface area contributed by atoms with Gasteiger partial charge in [-0.1, -0.05) is 0 Å². The van der Waals surface area contributed by atoms with Crippen molar-refractivity contribution in [2.24, 2.45) is 0 Å². The summed E-state index contributed by atoms with van der Waals surface area (Å²) >= 11 is 1.69. The maximum atomic E-state index is 11.4. The van der Waals surface area contributed by atoms with E-state index in [4.69, 9.17) is 0 Å². The molecule has 6 nitrogen and oxygen atoms in total. The third-order valence-corrected chi connectivity index (χ3v) is 6.76. The summed E-state index contributed by atoms with van der Waals surface area (Å²) in [5, 5.41) is 6.51. The van der Waals surface area contributed by atoms with Crippen molar-refractivity contribution in [3.8, 4) is 0 Å². The average Bonchev–Trinajstić information content (AvgIpc) is 3.09. The Bertz CT molecular complexity index is 539. The van der Waals surface area contributed by atoms with E-state index in [1.54, 1.807) is 11.3 Å². The summed E-state index contributed by atoms with van der Waals surface area (Å²) in [5.74, 6) is 0.655. The van der Waals surface area contributed by atoms with Crippen LogP contribution in [0.15, 0.2) is 11.6 Å². The maximum absolute atomic E-state index is 11.4. The van der Waals surface area contributed by atoms with E-state index in [0.717, 1.165) is 50.8 Å². The normalized spacial score (nSPS) is 26.3. The summed E-state index contributed by atoms with van der Waals surface area (Å²) in [6.45, 7) is 5.99. The van der Waals surface area contributed by atoms with Gasteiger partial charge in [0.15, 0.2) is 15.0 Å². The van der Waals surface area contributed by atoms with E-state index in [2.05, 4.69) is 20.1 Å². The second kappa shape index (κ2) is 6.60. The van der Waals surface area contributed by atoms with Gasteiger partial charge in [0.2, 0.25) is 0 Å². The standard InChI is InChI=1S/C13H22N4O2S2/c18-21(19)10-1-12(11-21)14-2-4-16-5-7-17(8-6-16)13-15-3-9-20-13/h3,9,12,14H,1-2,4-8,10-11H2. The number of anilines is 1. The fourth-order valence-electron chi connectivity index (χ4n) is 2.92. The number of hydrogen-bond acceptors (Lipinski definition) is 7. The molecule has 0 aliphatic carbocycles. The zero-order valence-corrected chi connectivity index (χ0v) is 13.7. The zero-order chi connectivity index (χ0) is 14.7. The third kappa shape index (κ3) is 4.15. The monoisotopic (exact) mass is 330 g/mol. The van der Waals surface area contributed by atoms with Crippen molar-refractivity contribution in [1.82, 2.24) is 15.2 Å². The first-order valence-corrected chi connectivity index (χ1v) is 10.1. The molecule has 2 aliphatic rings. The molecule has 2 saturated heterocycles. The Morgan fingerprint density at radius 3 is 2.76 bits per heavy atom. The Morgan fingerprint density at radius 1 is 1.33 bits per heavy atom. The Hall–Kier alpha value is -0.700. The Labute approximate surface area is 130 Å². The van der Waals surface area contributed by atoms with Crippen molar-refractivity contribution in [3.05, 3.63) is 11.6 Å². The van der Waals surface area contributed by atoms with E-state index >= 15 is 0 Å². The first-order valence-electron chi connectivity index (χ1n) is 7.43. The lowest BCUT2D eigenvalue weighted by molar-refractivity contribution is 0.255. The molecular weight excluding hydrogens is 308 g/mol. The lowest BCUT2D eigenvalue weighted by Gasteiger charge is -2.34. The highest BCUT2D eigenvalue weighted by Crippen LogP contribution is 2.18. The topological polar surface area (TPSA) is 65.5 Å². The molecule has 1 aromatic heterocycles. The van der Waals surface area contributed by atoms with Crippen LogP contribution in [0, 0.1) is 0 Å². The van der Waals surface area contributed by atoms with Crippen LogP contribution in [0.4, 0.5) is 5.13 Å². The molecule has 0 aromatic carbocycles. The smallest absolute Gasteiger partial charge is 0.185 e. The Balaban J connectivity index is 1.35. The van der Waals surface area contributed by atoms with Gasteiger partial charge in [-0.05, 0) is 6.42 Å². The quantitative estimate of drug-likeness (QED) is 0.822. The highest BCUT2D eigenvalue weighted by atomic mass is 32.2. The van der Waals surface area contributed by atoms with Gasteiger partial charge in [-0.15, -0.1) is 11.3 Å². The SMILES string of the molecule is O=S1(=O)CCC(NCCN2CCN(c3nccs3)CC2)C1. The van der Waals surface area contributed by atoms with Crippen LogP contribution in [0.5, 0.6) is 0 Å². The summed E-state index contributed by atoms with van der Waals surface area (Å²) in [5.41, 5.74) is 0. The molecule has 21 heavy (non-hydrogen) atoms. The first kappa shape index (κ1) is 15.2. The van der Waals surface area contributed by atoms with Crippen LogP contribution in [0.1, 0.15) is 6.42 Å². The van der Waals surface area contributed by atoms with E-state index in [1.807, 2.05) is 11.6 Å². The fourth-order valence-corrected chi connectivity index (χ4v) is 5.32. The molecule has 0 amide bonds. The highest BCUT2D eigenvalue weighted by molar-refractivity contribution is 7.91. The van der Waals surface area contributed by atoms with Gasteiger partial charge in [0.1, 0.15) is 0 Å². The van der Waals surface area contributed by atoms with Crippen LogP contribution in [0.2, 0.25) is 0 Å². The molecule has 3 heterocycles. The summed E-state index contributed by atoms with van der Waals surface area (Å²) in [6, 6.07) is 0.159. The summed E-state index contributed by atoms with van der Waals surface area (Å²) in [4.78, 5) is 9.11. The number of thiazole rings is 1. The molecule has 2 fully saturated rings. The van der Waals surface area contributed by atoms with Crippen LogP contribution in [0.25, 0.3) is 0 Å². The van der Waals surface area contributed by atoms with Crippen LogP contribution in [-0.2, 0) is 9.84 Å². The third-order valence-electron chi connectivity index (χ3n) is 4.16. The van der Waals surface area contributed by atoms with Crippen LogP contribution in [0.3, 0.4) is 0 Å². The number of sulfone groups is 1. The number of piperazine rings is 1. The van der Waals surface area contributed by atoms with Crippen molar-refractivity contribution < 1.29 is 8.42 Å². The van der Waals surface area contributed by atoms with Gasteiger partial charge in [-0.25, -0.2) is 13.4 Å². The van der Waals surface area contributed by atoms with Crippen molar-refractivity contribution >= 4 is 26.3 Å². The zero-order valence-electron chi connectivity index (χ0n) is 12.1. The predicted molar refractivity (Wildman–Crippen MR) is 85.8 cm³/mol. The molecule has 0 saturated carbocycles. The second-order valence-corrected chi connectivity index (χ2v) is 8.80. The van der Waals surface area contributed by atoms with Crippen molar-refractivity contribution in [2.45, 2.75) is 12.5 Å². The summed E-state index contributed by atoms with van der Waals surface area (Å²) in [6.07, 6.45) is 2.62. The van der Waals surface area contributed by atoms with Crippen molar-refractivity contribution in [2.75, 3.05) is 55.7 Å². The second-order valence-electron chi connectivity index (χ2n) is 5.70. The molecule has 2 aliphatic heterocycles. The predicted octanol–water partition coefficient (Wildman–Crippen LogP) is 0.0418. The van der Waals surface area contributed by atoms with Gasteiger partial charge in [0, 0.05) is 56.9 Å². The number of rotatable bonds is 5. The van der Waals surface area contributed by atoms with E-state index in [1.165, 1.54) is 0 Å². The number of nitrogens with one attached hydrogen (secondary N) is 1. The lowest BCUT2D eigenvalue weighted by atomic mass is 10.2. The number of hydrogen-bond donors (Lipinski definition) is 1. The van der Waals surface area contributed by atoms with Crippen LogP contribution < -0.4 is 10.2 Å². The van der Waals surface area contributed by atoms with Gasteiger partial charge in [0.05, 0.1) is 11.5 Å². The van der Waals surface area contributed by atoms with Crippen LogP contribution >= 0.6 is 11.3 Å². The molecular formula is C13H22N4O2S2. The van der Waals surface area contributed by atoms with Gasteiger partial charge < -0.3 is 10.2 Å². The van der Waals surface area contributed by atoms with Crippen molar-refractivity contribution in [1.29, 1.82) is 0 Å². The van der Waals surface area contributed by atoms with Gasteiger partial charge in [-0.2, -0.15) is 0 Å².